The molecule has 0 heterocycles. The third-order valence-electron chi connectivity index (χ3n) is 6.27. The van der Waals surface area contributed by atoms with Gasteiger partial charge in [0.1, 0.15) is 18.5 Å². The van der Waals surface area contributed by atoms with Crippen LogP contribution in [0.3, 0.4) is 0 Å². The second-order valence-electron chi connectivity index (χ2n) is 9.03. The van der Waals surface area contributed by atoms with Gasteiger partial charge in [0.25, 0.3) is 0 Å². The summed E-state index contributed by atoms with van der Waals surface area (Å²) < 4.78 is 5.55. The summed E-state index contributed by atoms with van der Waals surface area (Å²) in [4.78, 5) is 11.8. The zero-order valence-electron chi connectivity index (χ0n) is 18.7. The van der Waals surface area contributed by atoms with Crippen molar-refractivity contribution in [3.63, 3.8) is 0 Å². The Hall–Kier alpha value is -2.15. The summed E-state index contributed by atoms with van der Waals surface area (Å²) in [5.74, 6) is 1.21. The molecule has 2 fully saturated rings. The largest absolute Gasteiger partial charge is 0.491 e. The Morgan fingerprint density at radius 2 is 1.94 bits per heavy atom. The highest BCUT2D eigenvalue weighted by Crippen LogP contribution is 2.36. The molecule has 32 heavy (non-hydrogen) atoms. The molecule has 176 valence electrons. The predicted octanol–water partition coefficient (Wildman–Crippen LogP) is 2.98. The van der Waals surface area contributed by atoms with E-state index in [1.807, 2.05) is 42.5 Å². The minimum absolute atomic E-state index is 0.0958. The molecule has 2 aliphatic carbocycles. The highest BCUT2D eigenvalue weighted by Gasteiger charge is 2.39. The van der Waals surface area contributed by atoms with E-state index >= 15 is 0 Å². The van der Waals surface area contributed by atoms with Crippen LogP contribution in [0.5, 0.6) is 5.75 Å². The van der Waals surface area contributed by atoms with Gasteiger partial charge in [-0.15, -0.1) is 0 Å². The van der Waals surface area contributed by atoms with Crippen LogP contribution in [0.25, 0.3) is 0 Å². The Kier molecular flexibility index (Phi) is 9.78. The first kappa shape index (κ1) is 24.5. The van der Waals surface area contributed by atoms with E-state index in [-0.39, 0.29) is 24.3 Å². The van der Waals surface area contributed by atoms with E-state index in [2.05, 4.69) is 11.4 Å². The Morgan fingerprint density at radius 1 is 1.16 bits per heavy atom. The molecule has 6 heteroatoms. The average molecular weight is 444 g/mol. The van der Waals surface area contributed by atoms with E-state index in [1.165, 1.54) is 12.8 Å². The van der Waals surface area contributed by atoms with Crippen LogP contribution >= 0.6 is 0 Å². The molecule has 2 aliphatic rings. The number of carbonyl (C=O) groups is 1. The standard InChI is InChI=1S/C26H37NO5/c28-20(18-32-21-8-4-3-5-9-21)14-15-23-22(24(29)16-25(23)30)10-6-1-2-7-11-26(31)27-17-19-12-13-19/h1,3-6,8-9,14-15,19-20,22-25,28-30H,2,7,10-13,16-18H2,(H,27,31)/b6-1+,15-14+/t20?,22-,23-,24+,25-/m1/s1. The van der Waals surface area contributed by atoms with Crippen molar-refractivity contribution in [2.24, 2.45) is 17.8 Å². The lowest BCUT2D eigenvalue weighted by molar-refractivity contribution is -0.121. The van der Waals surface area contributed by atoms with E-state index in [4.69, 9.17) is 4.74 Å². The normalized spacial score (nSPS) is 26.6. The van der Waals surface area contributed by atoms with Gasteiger partial charge >= 0.3 is 0 Å². The molecule has 0 aromatic heterocycles. The number of nitrogens with one attached hydrogen (secondary N) is 1. The monoisotopic (exact) mass is 443 g/mol. The van der Waals surface area contributed by atoms with Gasteiger partial charge in [0.2, 0.25) is 5.91 Å². The number of amides is 1. The minimum atomic E-state index is -0.789. The van der Waals surface area contributed by atoms with Crippen LogP contribution in [0.2, 0.25) is 0 Å². The molecule has 2 saturated carbocycles. The van der Waals surface area contributed by atoms with E-state index < -0.39 is 18.3 Å². The van der Waals surface area contributed by atoms with Crippen LogP contribution in [0.1, 0.15) is 44.9 Å². The van der Waals surface area contributed by atoms with Gasteiger partial charge in [-0.3, -0.25) is 4.79 Å². The molecule has 4 N–H and O–H groups in total. The summed E-state index contributed by atoms with van der Waals surface area (Å²) in [6.45, 7) is 0.948. The maximum absolute atomic E-state index is 11.8. The van der Waals surface area contributed by atoms with Crippen molar-refractivity contribution >= 4 is 5.91 Å². The lowest BCUT2D eigenvalue weighted by atomic mass is 9.89. The fourth-order valence-corrected chi connectivity index (χ4v) is 4.14. The van der Waals surface area contributed by atoms with E-state index in [0.717, 1.165) is 19.4 Å². The number of benzene rings is 1. The van der Waals surface area contributed by atoms with Crippen molar-refractivity contribution in [3.05, 3.63) is 54.6 Å². The van der Waals surface area contributed by atoms with Gasteiger partial charge in [0, 0.05) is 25.3 Å². The second kappa shape index (κ2) is 12.8. The molecule has 3 rings (SSSR count). The number of unbranched alkanes of at least 4 members (excludes halogenated alkanes) is 1. The number of hydrogen-bond donors (Lipinski definition) is 4. The highest BCUT2D eigenvalue weighted by atomic mass is 16.5. The molecular weight excluding hydrogens is 406 g/mol. The molecule has 0 bridgehead atoms. The van der Waals surface area contributed by atoms with Crippen LogP contribution < -0.4 is 10.1 Å². The summed E-state index contributed by atoms with van der Waals surface area (Å²) in [6.07, 6.45) is 11.2. The number of aliphatic hydroxyl groups excluding tert-OH is 3. The molecular formula is C26H37NO5. The lowest BCUT2D eigenvalue weighted by Gasteiger charge is -2.19. The Bertz CT molecular complexity index is 746. The van der Waals surface area contributed by atoms with Crippen LogP contribution in [-0.2, 0) is 4.79 Å². The lowest BCUT2D eigenvalue weighted by Crippen LogP contribution is -2.24. The molecule has 1 aromatic rings. The first-order valence-electron chi connectivity index (χ1n) is 11.8. The van der Waals surface area contributed by atoms with Crippen molar-refractivity contribution in [1.29, 1.82) is 0 Å². The molecule has 0 spiro atoms. The number of para-hydroxylation sites is 1. The highest BCUT2D eigenvalue weighted by molar-refractivity contribution is 5.75. The number of aliphatic hydroxyl groups is 3. The number of allylic oxidation sites excluding steroid dienone is 2. The summed E-state index contributed by atoms with van der Waals surface area (Å²) in [6, 6.07) is 9.30. The molecule has 1 unspecified atom stereocenters. The molecule has 0 saturated heterocycles. The van der Waals surface area contributed by atoms with Crippen LogP contribution in [0.15, 0.2) is 54.6 Å². The molecule has 0 radical (unpaired) electrons. The van der Waals surface area contributed by atoms with Crippen molar-refractivity contribution in [1.82, 2.24) is 5.32 Å². The smallest absolute Gasteiger partial charge is 0.220 e. The van der Waals surface area contributed by atoms with Crippen LogP contribution in [0, 0.1) is 17.8 Å². The number of rotatable bonds is 13. The Morgan fingerprint density at radius 3 is 2.69 bits per heavy atom. The first-order valence-corrected chi connectivity index (χ1v) is 11.8. The fourth-order valence-electron chi connectivity index (χ4n) is 4.14. The number of ether oxygens (including phenoxy) is 1. The molecule has 1 aromatic carbocycles. The van der Waals surface area contributed by atoms with E-state index in [0.29, 0.717) is 30.9 Å². The van der Waals surface area contributed by atoms with E-state index in [9.17, 15) is 20.1 Å². The fraction of sp³-hybridized carbons (Fsp3) is 0.577. The van der Waals surface area contributed by atoms with Gasteiger partial charge < -0.3 is 25.4 Å². The maximum Gasteiger partial charge on any atom is 0.220 e. The van der Waals surface area contributed by atoms with Gasteiger partial charge in [-0.2, -0.15) is 0 Å². The summed E-state index contributed by atoms with van der Waals surface area (Å²) in [5.41, 5.74) is 0. The molecule has 0 aliphatic heterocycles. The maximum atomic E-state index is 11.8. The van der Waals surface area contributed by atoms with Crippen molar-refractivity contribution in [3.8, 4) is 5.75 Å². The SMILES string of the molecule is O=C(CCC/C=C/C[C@@H]1[C@@H](/C=C/C(O)COc2ccccc2)[C@H](O)C[C@@H]1O)NCC1CC1. The quantitative estimate of drug-likeness (QED) is 0.278. The third-order valence-corrected chi connectivity index (χ3v) is 6.27. The zero-order chi connectivity index (χ0) is 22.8. The number of hydrogen-bond acceptors (Lipinski definition) is 5. The van der Waals surface area contributed by atoms with Gasteiger partial charge in [0.15, 0.2) is 0 Å². The van der Waals surface area contributed by atoms with Crippen molar-refractivity contribution in [2.75, 3.05) is 13.2 Å². The summed E-state index contributed by atoms with van der Waals surface area (Å²) in [7, 11) is 0. The second-order valence-corrected chi connectivity index (χ2v) is 9.03. The van der Waals surface area contributed by atoms with Crippen LogP contribution in [-0.4, -0.2) is 52.7 Å². The van der Waals surface area contributed by atoms with Crippen molar-refractivity contribution < 1.29 is 24.9 Å². The van der Waals surface area contributed by atoms with Gasteiger partial charge in [0.05, 0.1) is 12.2 Å². The molecule has 1 amide bonds. The Labute approximate surface area is 191 Å². The Balaban J connectivity index is 1.37. The van der Waals surface area contributed by atoms with Gasteiger partial charge in [-0.05, 0) is 56.1 Å². The molecule has 5 atom stereocenters. The minimum Gasteiger partial charge on any atom is -0.491 e. The summed E-state index contributed by atoms with van der Waals surface area (Å²) >= 11 is 0. The van der Waals surface area contributed by atoms with E-state index in [1.54, 1.807) is 6.08 Å². The first-order chi connectivity index (χ1) is 15.5. The topological polar surface area (TPSA) is 99.0 Å². The molecule has 6 nitrogen and oxygen atoms in total. The predicted molar refractivity (Wildman–Crippen MR) is 124 cm³/mol. The number of carbonyl (C=O) groups excluding carboxylic acids is 1. The van der Waals surface area contributed by atoms with Crippen LogP contribution in [0.4, 0.5) is 0 Å². The third kappa shape index (κ3) is 8.41. The van der Waals surface area contributed by atoms with Gasteiger partial charge in [-0.1, -0.05) is 42.5 Å². The van der Waals surface area contributed by atoms with Gasteiger partial charge in [-0.25, -0.2) is 0 Å². The summed E-state index contributed by atoms with van der Waals surface area (Å²) in [5, 5.41) is 33.9. The zero-order valence-corrected chi connectivity index (χ0v) is 18.7. The average Bonchev–Trinajstić information content (AvgIpc) is 3.58. The van der Waals surface area contributed by atoms with Crippen molar-refractivity contribution in [2.45, 2.75) is 63.3 Å².